The lowest BCUT2D eigenvalue weighted by Crippen LogP contribution is -2.19. The van der Waals surface area contributed by atoms with Crippen LogP contribution in [-0.2, 0) is 21.1 Å². The van der Waals surface area contributed by atoms with E-state index in [-0.39, 0.29) is 36.4 Å². The molecule has 2 heterocycles. The molecule has 1 aromatic rings. The number of carbonyl (C=O) groups is 1. The molecule has 1 aliphatic rings. The van der Waals surface area contributed by atoms with Gasteiger partial charge in [0.1, 0.15) is 0 Å². The Morgan fingerprint density at radius 2 is 2.32 bits per heavy atom. The van der Waals surface area contributed by atoms with Gasteiger partial charge in [-0.25, -0.2) is 17.9 Å². The molecule has 8 nitrogen and oxygen atoms in total. The standard InChI is InChI=1S/C10H16N4O4S/c1-2-18-10(15)9-8(5-11)14(13-12-9)7-3-4-19(16,17)6-7/h7H,2-6,11H2,1H3. The van der Waals surface area contributed by atoms with E-state index in [1.165, 1.54) is 4.68 Å². The number of hydrogen-bond acceptors (Lipinski definition) is 7. The third-order valence-electron chi connectivity index (χ3n) is 3.01. The molecule has 1 unspecified atom stereocenters. The first kappa shape index (κ1) is 13.9. The van der Waals surface area contributed by atoms with Gasteiger partial charge in [-0.2, -0.15) is 0 Å². The van der Waals surface area contributed by atoms with E-state index in [0.29, 0.717) is 12.1 Å². The molecule has 9 heteroatoms. The van der Waals surface area contributed by atoms with Crippen molar-refractivity contribution < 1.29 is 17.9 Å². The molecule has 1 aliphatic heterocycles. The number of aromatic nitrogens is 3. The molecule has 1 atom stereocenters. The van der Waals surface area contributed by atoms with E-state index in [1.807, 2.05) is 0 Å². The summed E-state index contributed by atoms with van der Waals surface area (Å²) in [5, 5.41) is 7.62. The van der Waals surface area contributed by atoms with Crippen LogP contribution in [0.2, 0.25) is 0 Å². The van der Waals surface area contributed by atoms with Crippen LogP contribution in [0, 0.1) is 0 Å². The predicted octanol–water partition coefficient (Wildman–Crippen LogP) is -0.727. The summed E-state index contributed by atoms with van der Waals surface area (Å²) >= 11 is 0. The predicted molar refractivity (Wildman–Crippen MR) is 66.2 cm³/mol. The molecule has 0 amide bonds. The van der Waals surface area contributed by atoms with Gasteiger partial charge < -0.3 is 10.5 Å². The van der Waals surface area contributed by atoms with Crippen LogP contribution in [0.1, 0.15) is 35.6 Å². The normalized spacial score (nSPS) is 21.5. The van der Waals surface area contributed by atoms with Gasteiger partial charge in [-0.3, -0.25) is 0 Å². The zero-order valence-corrected chi connectivity index (χ0v) is 11.4. The maximum Gasteiger partial charge on any atom is 0.360 e. The largest absolute Gasteiger partial charge is 0.461 e. The highest BCUT2D eigenvalue weighted by Gasteiger charge is 2.33. The van der Waals surface area contributed by atoms with Crippen LogP contribution in [-0.4, -0.2) is 47.5 Å². The quantitative estimate of drug-likeness (QED) is 0.726. The Hall–Kier alpha value is -1.48. The first-order valence-corrected chi connectivity index (χ1v) is 7.82. The molecule has 0 bridgehead atoms. The van der Waals surface area contributed by atoms with E-state index in [0.717, 1.165) is 0 Å². The van der Waals surface area contributed by atoms with Crippen molar-refractivity contribution >= 4 is 15.8 Å². The third-order valence-corrected chi connectivity index (χ3v) is 4.76. The number of hydrogen-bond donors (Lipinski definition) is 1. The lowest BCUT2D eigenvalue weighted by molar-refractivity contribution is 0.0518. The van der Waals surface area contributed by atoms with Crippen LogP contribution >= 0.6 is 0 Å². The van der Waals surface area contributed by atoms with E-state index in [4.69, 9.17) is 10.5 Å². The maximum absolute atomic E-state index is 11.7. The third kappa shape index (κ3) is 2.76. The fraction of sp³-hybridized carbons (Fsp3) is 0.700. The molecule has 0 aliphatic carbocycles. The average molecular weight is 288 g/mol. The molecule has 0 spiro atoms. The maximum atomic E-state index is 11.7. The number of nitrogens with zero attached hydrogens (tertiary/aromatic N) is 3. The van der Waals surface area contributed by atoms with E-state index in [1.54, 1.807) is 6.92 Å². The Morgan fingerprint density at radius 3 is 2.84 bits per heavy atom. The monoisotopic (exact) mass is 288 g/mol. The highest BCUT2D eigenvalue weighted by Crippen LogP contribution is 2.25. The second-order valence-corrected chi connectivity index (χ2v) is 6.54. The number of sulfone groups is 1. The van der Waals surface area contributed by atoms with Crippen LogP contribution in [0.4, 0.5) is 0 Å². The summed E-state index contributed by atoms with van der Waals surface area (Å²) in [6, 6.07) is -0.306. The van der Waals surface area contributed by atoms with Crippen molar-refractivity contribution in [3.63, 3.8) is 0 Å². The lowest BCUT2D eigenvalue weighted by Gasteiger charge is -2.11. The molecule has 2 rings (SSSR count). The summed E-state index contributed by atoms with van der Waals surface area (Å²) in [6.45, 7) is 1.97. The summed E-state index contributed by atoms with van der Waals surface area (Å²) in [6.07, 6.45) is 0.459. The number of nitrogens with two attached hydrogens (primary N) is 1. The number of carbonyl (C=O) groups excluding carboxylic acids is 1. The van der Waals surface area contributed by atoms with Gasteiger partial charge >= 0.3 is 5.97 Å². The van der Waals surface area contributed by atoms with Gasteiger partial charge in [0.25, 0.3) is 0 Å². The summed E-state index contributed by atoms with van der Waals surface area (Å²) in [5.41, 5.74) is 6.09. The van der Waals surface area contributed by atoms with Gasteiger partial charge in [0.05, 0.1) is 29.8 Å². The molecular weight excluding hydrogens is 272 g/mol. The lowest BCUT2D eigenvalue weighted by atomic mass is 10.2. The van der Waals surface area contributed by atoms with E-state index in [2.05, 4.69) is 10.3 Å². The average Bonchev–Trinajstić information content (AvgIpc) is 2.91. The molecule has 1 fully saturated rings. The van der Waals surface area contributed by atoms with Crippen LogP contribution in [0.25, 0.3) is 0 Å². The van der Waals surface area contributed by atoms with Crippen LogP contribution in [0.15, 0.2) is 0 Å². The summed E-state index contributed by atoms with van der Waals surface area (Å²) in [7, 11) is -3.04. The topological polar surface area (TPSA) is 117 Å². The SMILES string of the molecule is CCOC(=O)c1nnn(C2CCS(=O)(=O)C2)c1CN. The van der Waals surface area contributed by atoms with Gasteiger partial charge in [-0.15, -0.1) is 5.10 Å². The summed E-state index contributed by atoms with van der Waals surface area (Å²) in [5.74, 6) is -0.461. The van der Waals surface area contributed by atoms with Crippen molar-refractivity contribution in [2.45, 2.75) is 25.9 Å². The van der Waals surface area contributed by atoms with Crippen LogP contribution in [0.3, 0.4) is 0 Å². The highest BCUT2D eigenvalue weighted by molar-refractivity contribution is 7.91. The minimum absolute atomic E-state index is 0.00558. The first-order valence-electron chi connectivity index (χ1n) is 6.00. The zero-order valence-electron chi connectivity index (χ0n) is 10.6. The smallest absolute Gasteiger partial charge is 0.360 e. The summed E-state index contributed by atoms with van der Waals surface area (Å²) in [4.78, 5) is 11.7. The van der Waals surface area contributed by atoms with E-state index < -0.39 is 15.8 Å². The van der Waals surface area contributed by atoms with Crippen molar-refractivity contribution in [1.29, 1.82) is 0 Å². The van der Waals surface area contributed by atoms with Crippen molar-refractivity contribution in [3.05, 3.63) is 11.4 Å². The highest BCUT2D eigenvalue weighted by atomic mass is 32.2. The molecular formula is C10H16N4O4S. The Balaban J connectivity index is 2.30. The Kier molecular flexibility index (Phi) is 3.85. The second kappa shape index (κ2) is 5.25. The van der Waals surface area contributed by atoms with Gasteiger partial charge in [0, 0.05) is 6.54 Å². The van der Waals surface area contributed by atoms with E-state index >= 15 is 0 Å². The van der Waals surface area contributed by atoms with Crippen LogP contribution in [0.5, 0.6) is 0 Å². The Labute approximate surface area is 110 Å². The molecule has 106 valence electrons. The Bertz CT molecular complexity index is 580. The molecule has 19 heavy (non-hydrogen) atoms. The minimum Gasteiger partial charge on any atom is -0.461 e. The Morgan fingerprint density at radius 1 is 1.58 bits per heavy atom. The zero-order chi connectivity index (χ0) is 14.0. The fourth-order valence-corrected chi connectivity index (χ4v) is 3.82. The molecule has 2 N–H and O–H groups in total. The van der Waals surface area contributed by atoms with Crippen molar-refractivity contribution in [3.8, 4) is 0 Å². The van der Waals surface area contributed by atoms with Gasteiger partial charge in [0.2, 0.25) is 0 Å². The van der Waals surface area contributed by atoms with Crippen molar-refractivity contribution in [2.75, 3.05) is 18.1 Å². The van der Waals surface area contributed by atoms with Crippen molar-refractivity contribution in [1.82, 2.24) is 15.0 Å². The van der Waals surface area contributed by atoms with Crippen molar-refractivity contribution in [2.24, 2.45) is 5.73 Å². The van der Waals surface area contributed by atoms with Gasteiger partial charge in [-0.05, 0) is 13.3 Å². The molecule has 0 aromatic carbocycles. The van der Waals surface area contributed by atoms with E-state index in [9.17, 15) is 13.2 Å². The fourth-order valence-electron chi connectivity index (χ4n) is 2.12. The van der Waals surface area contributed by atoms with Crippen LogP contribution < -0.4 is 5.73 Å². The second-order valence-electron chi connectivity index (χ2n) is 4.31. The van der Waals surface area contributed by atoms with Gasteiger partial charge in [0.15, 0.2) is 15.5 Å². The number of rotatable bonds is 4. The minimum atomic E-state index is -3.04. The number of esters is 1. The molecule has 1 saturated heterocycles. The molecule has 1 aromatic heterocycles. The molecule has 0 saturated carbocycles. The first-order chi connectivity index (χ1) is 8.98. The number of ether oxygens (including phenoxy) is 1. The van der Waals surface area contributed by atoms with Gasteiger partial charge in [-0.1, -0.05) is 5.21 Å². The molecule has 0 radical (unpaired) electrons. The summed E-state index contributed by atoms with van der Waals surface area (Å²) < 4.78 is 29.2.